The van der Waals surface area contributed by atoms with Gasteiger partial charge in [-0.3, -0.25) is 9.59 Å². The molecule has 0 unspecified atom stereocenters. The summed E-state index contributed by atoms with van der Waals surface area (Å²) >= 11 is 6.04. The Morgan fingerprint density at radius 3 is 2.56 bits per heavy atom. The molecule has 0 spiro atoms. The van der Waals surface area contributed by atoms with Crippen LogP contribution in [0.25, 0.3) is 0 Å². The zero-order valence-corrected chi connectivity index (χ0v) is 15.8. The van der Waals surface area contributed by atoms with Gasteiger partial charge >= 0.3 is 5.97 Å². The number of nitrogens with one attached hydrogen (secondary N) is 1. The van der Waals surface area contributed by atoms with Crippen molar-refractivity contribution in [3.8, 4) is 0 Å². The minimum atomic E-state index is -1.02. The Bertz CT molecular complexity index is 862. The molecule has 0 radical (unpaired) electrons. The van der Waals surface area contributed by atoms with Crippen LogP contribution in [-0.2, 0) is 19.7 Å². The first-order valence-electron chi connectivity index (χ1n) is 8.91. The smallest absolute Gasteiger partial charge is 0.317 e. The minimum Gasteiger partial charge on any atom is -0.455 e. The molecule has 6 heteroatoms. The van der Waals surface area contributed by atoms with Crippen molar-refractivity contribution in [2.24, 2.45) is 0 Å². The number of hydrogen-bond acceptors (Lipinski definition) is 3. The maximum absolute atomic E-state index is 14.3. The second-order valence-electron chi connectivity index (χ2n) is 6.81. The molecule has 1 fully saturated rings. The van der Waals surface area contributed by atoms with E-state index in [1.54, 1.807) is 43.3 Å². The van der Waals surface area contributed by atoms with E-state index in [-0.39, 0.29) is 0 Å². The molecule has 0 atom stereocenters. The molecule has 1 aliphatic carbocycles. The van der Waals surface area contributed by atoms with E-state index >= 15 is 0 Å². The molecule has 0 bridgehead atoms. The molecule has 1 amide bonds. The van der Waals surface area contributed by atoms with E-state index in [1.165, 1.54) is 6.07 Å². The Morgan fingerprint density at radius 2 is 1.85 bits per heavy atom. The monoisotopic (exact) mass is 389 g/mol. The third-order valence-corrected chi connectivity index (χ3v) is 5.52. The first kappa shape index (κ1) is 19.4. The minimum absolute atomic E-state index is 0.346. The lowest BCUT2D eigenvalue weighted by atomic mass is 9.78. The van der Waals surface area contributed by atoms with Crippen LogP contribution in [0.1, 0.15) is 36.8 Å². The van der Waals surface area contributed by atoms with Crippen molar-refractivity contribution >= 4 is 29.2 Å². The first-order valence-corrected chi connectivity index (χ1v) is 9.29. The zero-order chi connectivity index (χ0) is 19.4. The molecule has 0 heterocycles. The molecule has 0 aromatic heterocycles. The number of amides is 1. The lowest BCUT2D eigenvalue weighted by Crippen LogP contribution is -2.37. The summed E-state index contributed by atoms with van der Waals surface area (Å²) in [6, 6.07) is 11.4. The van der Waals surface area contributed by atoms with Crippen molar-refractivity contribution in [2.75, 3.05) is 11.9 Å². The normalized spacial score (nSPS) is 15.4. The lowest BCUT2D eigenvalue weighted by Gasteiger charge is -2.27. The highest BCUT2D eigenvalue weighted by Crippen LogP contribution is 2.43. The summed E-state index contributed by atoms with van der Waals surface area (Å²) in [6.07, 6.45) is 2.66. The van der Waals surface area contributed by atoms with Gasteiger partial charge in [-0.25, -0.2) is 4.39 Å². The lowest BCUT2D eigenvalue weighted by molar-refractivity contribution is -0.153. The van der Waals surface area contributed by atoms with E-state index in [9.17, 15) is 14.0 Å². The topological polar surface area (TPSA) is 55.4 Å². The summed E-state index contributed by atoms with van der Waals surface area (Å²) in [4.78, 5) is 25.0. The van der Waals surface area contributed by atoms with Crippen molar-refractivity contribution in [2.45, 2.75) is 38.0 Å². The van der Waals surface area contributed by atoms with Crippen LogP contribution >= 0.6 is 11.6 Å². The fourth-order valence-electron chi connectivity index (χ4n) is 3.61. The maximum atomic E-state index is 14.3. The molecule has 2 aromatic carbocycles. The van der Waals surface area contributed by atoms with Crippen molar-refractivity contribution in [1.29, 1.82) is 0 Å². The van der Waals surface area contributed by atoms with Gasteiger partial charge in [0.05, 0.1) is 5.41 Å². The van der Waals surface area contributed by atoms with Crippen LogP contribution in [0, 0.1) is 12.7 Å². The maximum Gasteiger partial charge on any atom is 0.317 e. The second-order valence-corrected chi connectivity index (χ2v) is 7.21. The van der Waals surface area contributed by atoms with Crippen LogP contribution in [-0.4, -0.2) is 18.5 Å². The van der Waals surface area contributed by atoms with Gasteiger partial charge in [-0.2, -0.15) is 0 Å². The number of rotatable bonds is 5. The Balaban J connectivity index is 1.69. The number of halogens is 2. The summed E-state index contributed by atoms with van der Waals surface area (Å²) in [5, 5.41) is 3.22. The number of benzene rings is 2. The van der Waals surface area contributed by atoms with Gasteiger partial charge in [-0.1, -0.05) is 48.7 Å². The van der Waals surface area contributed by atoms with Crippen LogP contribution in [0.5, 0.6) is 0 Å². The predicted molar refractivity (Wildman–Crippen MR) is 102 cm³/mol. The molecule has 1 saturated carbocycles. The largest absolute Gasteiger partial charge is 0.455 e. The molecule has 0 saturated heterocycles. The van der Waals surface area contributed by atoms with Crippen molar-refractivity contribution in [3.05, 3.63) is 64.4 Å². The van der Waals surface area contributed by atoms with Crippen molar-refractivity contribution in [3.63, 3.8) is 0 Å². The highest BCUT2D eigenvalue weighted by atomic mass is 35.5. The average Bonchev–Trinajstić information content (AvgIpc) is 3.15. The summed E-state index contributed by atoms with van der Waals surface area (Å²) < 4.78 is 19.6. The third-order valence-electron chi connectivity index (χ3n) is 5.11. The highest BCUT2D eigenvalue weighted by molar-refractivity contribution is 6.31. The summed E-state index contributed by atoms with van der Waals surface area (Å²) in [6.45, 7) is 1.36. The van der Waals surface area contributed by atoms with Gasteiger partial charge in [0.15, 0.2) is 6.61 Å². The number of carbonyl (C=O) groups excluding carboxylic acids is 2. The van der Waals surface area contributed by atoms with E-state index in [2.05, 4.69) is 5.32 Å². The van der Waals surface area contributed by atoms with Gasteiger partial charge in [-0.05, 0) is 43.5 Å². The second kappa shape index (κ2) is 8.09. The predicted octanol–water partition coefficient (Wildman–Crippen LogP) is 4.78. The summed E-state index contributed by atoms with van der Waals surface area (Å²) in [7, 11) is 0. The van der Waals surface area contributed by atoms with Crippen LogP contribution in [0.4, 0.5) is 10.1 Å². The SMILES string of the molecule is Cc1c(Cl)cccc1NC(=O)COC(=O)C1(c2ccccc2F)CCCC1. The van der Waals surface area contributed by atoms with Gasteiger partial charge in [0, 0.05) is 16.3 Å². The molecule has 142 valence electrons. The summed E-state index contributed by atoms with van der Waals surface area (Å²) in [5.41, 5.74) is 0.627. The quantitative estimate of drug-likeness (QED) is 0.748. The molecule has 1 N–H and O–H groups in total. The molecule has 27 heavy (non-hydrogen) atoms. The van der Waals surface area contributed by atoms with Gasteiger partial charge in [0.1, 0.15) is 5.82 Å². The molecular formula is C21H21ClFNO3. The van der Waals surface area contributed by atoms with Crippen molar-refractivity contribution in [1.82, 2.24) is 0 Å². The number of esters is 1. The van der Waals surface area contributed by atoms with E-state index in [1.807, 2.05) is 0 Å². The molecule has 1 aliphatic rings. The number of carbonyl (C=O) groups is 2. The number of ether oxygens (including phenoxy) is 1. The van der Waals surface area contributed by atoms with Gasteiger partial charge in [-0.15, -0.1) is 0 Å². The molecule has 2 aromatic rings. The van der Waals surface area contributed by atoms with E-state index in [0.717, 1.165) is 18.4 Å². The van der Waals surface area contributed by atoms with Gasteiger partial charge in [0.25, 0.3) is 5.91 Å². The van der Waals surface area contributed by atoms with Gasteiger partial charge < -0.3 is 10.1 Å². The van der Waals surface area contributed by atoms with Crippen molar-refractivity contribution < 1.29 is 18.7 Å². The van der Waals surface area contributed by atoms with Gasteiger partial charge in [0.2, 0.25) is 0 Å². The Labute approximate surface area is 162 Å². The van der Waals surface area contributed by atoms with E-state index < -0.39 is 29.7 Å². The van der Waals surface area contributed by atoms with E-state index in [4.69, 9.17) is 16.3 Å². The fourth-order valence-corrected chi connectivity index (χ4v) is 3.78. The summed E-state index contributed by atoms with van der Waals surface area (Å²) in [5.74, 6) is -1.44. The Hall–Kier alpha value is -2.40. The first-order chi connectivity index (χ1) is 12.9. The standard InChI is InChI=1S/C21H21ClFNO3/c1-14-16(22)8-6-10-18(14)24-19(25)13-27-20(26)21(11-4-5-12-21)15-7-2-3-9-17(15)23/h2-3,6-10H,4-5,11-13H2,1H3,(H,24,25). The Morgan fingerprint density at radius 1 is 1.15 bits per heavy atom. The number of hydrogen-bond donors (Lipinski definition) is 1. The van der Waals surface area contributed by atoms with Crippen LogP contribution < -0.4 is 5.32 Å². The molecule has 0 aliphatic heterocycles. The number of anilines is 1. The molecule has 4 nitrogen and oxygen atoms in total. The van der Waals surface area contributed by atoms with Crippen LogP contribution in [0.15, 0.2) is 42.5 Å². The molecule has 3 rings (SSSR count). The third kappa shape index (κ3) is 3.98. The average molecular weight is 390 g/mol. The fraction of sp³-hybridized carbons (Fsp3) is 0.333. The highest BCUT2D eigenvalue weighted by Gasteiger charge is 2.45. The zero-order valence-electron chi connectivity index (χ0n) is 15.1. The Kier molecular flexibility index (Phi) is 5.80. The van der Waals surface area contributed by atoms with Crippen LogP contribution in [0.2, 0.25) is 5.02 Å². The van der Waals surface area contributed by atoms with Crippen LogP contribution in [0.3, 0.4) is 0 Å². The van der Waals surface area contributed by atoms with E-state index in [0.29, 0.717) is 29.1 Å². The molecular weight excluding hydrogens is 369 g/mol.